The molecule has 0 aliphatic carbocycles. The summed E-state index contributed by atoms with van der Waals surface area (Å²) in [4.78, 5) is 8.49. The van der Waals surface area contributed by atoms with Crippen LogP contribution in [0.4, 0.5) is 0 Å². The molecule has 1 aromatic heterocycles. The van der Waals surface area contributed by atoms with E-state index in [-0.39, 0.29) is 39.1 Å². The summed E-state index contributed by atoms with van der Waals surface area (Å²) in [5.74, 6) is -0.847. The van der Waals surface area contributed by atoms with E-state index in [1.807, 2.05) is 30.3 Å². The Morgan fingerprint density at radius 1 is 1.18 bits per heavy atom. The third-order valence-electron chi connectivity index (χ3n) is 3.86. The summed E-state index contributed by atoms with van der Waals surface area (Å²) < 4.78 is 0. The third kappa shape index (κ3) is 5.30. The molecule has 3 aromatic rings. The van der Waals surface area contributed by atoms with Gasteiger partial charge in [0.1, 0.15) is 0 Å². The minimum atomic E-state index is -0.503. The number of aryl methyl sites for hydroxylation is 1. The Morgan fingerprint density at radius 3 is 2.57 bits per heavy atom. The number of fused-ring (bicyclic) bond motifs is 1. The summed E-state index contributed by atoms with van der Waals surface area (Å²) in [6, 6.07) is 12.9. The van der Waals surface area contributed by atoms with E-state index < -0.39 is 5.90 Å². The van der Waals surface area contributed by atoms with E-state index in [4.69, 9.17) is 0 Å². The summed E-state index contributed by atoms with van der Waals surface area (Å²) in [7, 11) is 0. The van der Waals surface area contributed by atoms with Crippen molar-refractivity contribution in [2.75, 3.05) is 0 Å². The molecule has 0 aliphatic heterocycles. The Kier molecular flexibility index (Phi) is 8.40. The number of hydrogen-bond acceptors (Lipinski definition) is 6. The Morgan fingerprint density at radius 2 is 1.86 bits per heavy atom. The predicted octanol–water partition coefficient (Wildman–Crippen LogP) is 2.04. The molecule has 7 heteroatoms. The number of hydrogen-bond donors (Lipinski definition) is 1. The fourth-order valence-electron chi connectivity index (χ4n) is 2.52. The third-order valence-corrected chi connectivity index (χ3v) is 3.86. The average molecular weight is 482 g/mol. The SMILES string of the molecule is Cc1ncc(CO)c(/C=N/N=C(\[O-])c2cccc3ccccc23)c1[O-].[CH3][Sn+2][CH3]. The second-order valence-electron chi connectivity index (χ2n) is 5.95. The molecule has 28 heavy (non-hydrogen) atoms. The van der Waals surface area contributed by atoms with Gasteiger partial charge in [0.2, 0.25) is 0 Å². The minimum absolute atomic E-state index is 0.185. The van der Waals surface area contributed by atoms with Crippen molar-refractivity contribution in [2.45, 2.75) is 23.4 Å². The van der Waals surface area contributed by atoms with Crippen molar-refractivity contribution in [1.29, 1.82) is 0 Å². The molecule has 0 unspecified atom stereocenters. The van der Waals surface area contributed by atoms with Gasteiger partial charge in [-0.3, -0.25) is 4.98 Å². The molecule has 0 aliphatic rings. The van der Waals surface area contributed by atoms with Gasteiger partial charge in [-0.15, -0.1) is 0 Å². The van der Waals surface area contributed by atoms with Gasteiger partial charge in [0.15, 0.2) is 0 Å². The quantitative estimate of drug-likeness (QED) is 0.266. The molecule has 2 aromatic carbocycles. The molecule has 142 valence electrons. The van der Waals surface area contributed by atoms with E-state index in [1.54, 1.807) is 19.1 Å². The van der Waals surface area contributed by atoms with E-state index in [0.717, 1.165) is 10.8 Å². The van der Waals surface area contributed by atoms with Gasteiger partial charge in [-0.25, -0.2) is 0 Å². The van der Waals surface area contributed by atoms with Crippen LogP contribution >= 0.6 is 0 Å². The fourth-order valence-corrected chi connectivity index (χ4v) is 2.52. The van der Waals surface area contributed by atoms with Gasteiger partial charge in [0.25, 0.3) is 0 Å². The molecule has 0 radical (unpaired) electrons. The summed E-state index contributed by atoms with van der Waals surface area (Å²) in [5, 5.41) is 42.9. The number of benzene rings is 2. The van der Waals surface area contributed by atoms with Gasteiger partial charge in [0, 0.05) is 23.4 Å². The Balaban J connectivity index is 0.000000878. The molecule has 1 N–H and O–H groups in total. The molecule has 0 amide bonds. The average Bonchev–Trinajstić information content (AvgIpc) is 2.71. The first-order valence-corrected chi connectivity index (χ1v) is 14.3. The first kappa shape index (κ1) is 21.8. The summed E-state index contributed by atoms with van der Waals surface area (Å²) in [5.41, 5.74) is 1.25. The second kappa shape index (κ2) is 10.8. The normalized spacial score (nSPS) is 11.2. The van der Waals surface area contributed by atoms with Crippen molar-refractivity contribution in [1.82, 2.24) is 4.98 Å². The predicted molar refractivity (Wildman–Crippen MR) is 110 cm³/mol. The molecular weight excluding hydrogens is 461 g/mol. The fraction of sp³-hybridized carbons (Fsp3) is 0.190. The standard InChI is InChI=1S/C19H17N3O3.2CH3.Sn/c1-12-18(24)17(14(11-23)9-20-12)10-21-22-19(25)16-8-4-6-13-5-2-3-7-15(13)16;;;/h2-10,23-24H,11H2,1H3,(H,22,25);2*1H3;/q;;;+2/p-2/b21-10+;;;. The van der Waals surface area contributed by atoms with E-state index >= 15 is 0 Å². The molecule has 0 fully saturated rings. The molecular formula is C21H21N3O3Sn. The van der Waals surface area contributed by atoms with Crippen LogP contribution in [0.15, 0.2) is 58.9 Å². The number of rotatable bonds is 4. The Bertz CT molecular complexity index is 998. The molecule has 0 atom stereocenters. The van der Waals surface area contributed by atoms with Gasteiger partial charge < -0.3 is 15.3 Å². The van der Waals surface area contributed by atoms with Crippen molar-refractivity contribution in [2.24, 2.45) is 10.2 Å². The summed E-state index contributed by atoms with van der Waals surface area (Å²) in [6.45, 7) is 1.22. The zero-order valence-electron chi connectivity index (χ0n) is 16.0. The van der Waals surface area contributed by atoms with Crippen LogP contribution in [0, 0.1) is 6.92 Å². The van der Waals surface area contributed by atoms with Crippen molar-refractivity contribution >= 4 is 44.0 Å². The molecule has 1 heterocycles. The van der Waals surface area contributed by atoms with Crippen LogP contribution in [-0.4, -0.2) is 43.3 Å². The van der Waals surface area contributed by atoms with Crippen LogP contribution in [-0.2, 0) is 6.61 Å². The van der Waals surface area contributed by atoms with Crippen LogP contribution < -0.4 is 10.2 Å². The van der Waals surface area contributed by atoms with Crippen molar-refractivity contribution in [3.63, 3.8) is 0 Å². The number of aromatic nitrogens is 1. The van der Waals surface area contributed by atoms with Gasteiger partial charge in [0.05, 0.1) is 12.8 Å². The van der Waals surface area contributed by atoms with E-state index in [1.165, 1.54) is 12.4 Å². The van der Waals surface area contributed by atoms with Gasteiger partial charge >= 0.3 is 31.0 Å². The molecule has 0 saturated heterocycles. The van der Waals surface area contributed by atoms with Crippen molar-refractivity contribution in [3.05, 3.63) is 71.0 Å². The van der Waals surface area contributed by atoms with Gasteiger partial charge in [-0.2, -0.15) is 10.2 Å². The van der Waals surface area contributed by atoms with Crippen molar-refractivity contribution < 1.29 is 15.3 Å². The Labute approximate surface area is 174 Å². The zero-order valence-corrected chi connectivity index (χ0v) is 18.9. The first-order valence-electron chi connectivity index (χ1n) is 8.64. The number of aliphatic hydroxyl groups excluding tert-OH is 1. The van der Waals surface area contributed by atoms with Gasteiger partial charge in [-0.05, 0) is 28.8 Å². The Hall–Kier alpha value is -2.45. The van der Waals surface area contributed by atoms with Gasteiger partial charge in [-0.1, -0.05) is 48.2 Å². The molecule has 6 nitrogen and oxygen atoms in total. The van der Waals surface area contributed by atoms with Crippen LogP contribution in [0.5, 0.6) is 5.75 Å². The molecule has 0 spiro atoms. The maximum absolute atomic E-state index is 12.3. The second-order valence-corrected chi connectivity index (χ2v) is 8.80. The number of nitrogens with zero attached hydrogens (tertiary/aromatic N) is 3. The molecule has 0 bridgehead atoms. The molecule has 3 rings (SSSR count). The van der Waals surface area contributed by atoms with Crippen LogP contribution in [0.1, 0.15) is 22.4 Å². The monoisotopic (exact) mass is 483 g/mol. The van der Waals surface area contributed by atoms with Crippen LogP contribution in [0.3, 0.4) is 0 Å². The van der Waals surface area contributed by atoms with E-state index in [0.29, 0.717) is 16.8 Å². The topological polar surface area (TPSA) is 104 Å². The zero-order chi connectivity index (χ0) is 20.5. The first-order chi connectivity index (χ1) is 13.5. The summed E-state index contributed by atoms with van der Waals surface area (Å²) in [6.07, 6.45) is 2.59. The number of aliphatic hydroxyl groups is 1. The van der Waals surface area contributed by atoms with E-state index in [2.05, 4.69) is 25.1 Å². The number of pyridine rings is 1. The summed E-state index contributed by atoms with van der Waals surface area (Å²) >= 11 is 0.230. The van der Waals surface area contributed by atoms with Crippen LogP contribution in [0.2, 0.25) is 9.88 Å². The molecule has 0 saturated carbocycles. The van der Waals surface area contributed by atoms with Crippen LogP contribution in [0.25, 0.3) is 10.8 Å². The van der Waals surface area contributed by atoms with E-state index in [9.17, 15) is 15.3 Å². The maximum atomic E-state index is 12.3. The van der Waals surface area contributed by atoms with Crippen molar-refractivity contribution in [3.8, 4) is 5.75 Å².